The van der Waals surface area contributed by atoms with Crippen molar-refractivity contribution in [2.75, 3.05) is 6.61 Å². The van der Waals surface area contributed by atoms with Gasteiger partial charge in [-0.25, -0.2) is 14.4 Å². The molecule has 0 atom stereocenters. The predicted octanol–water partition coefficient (Wildman–Crippen LogP) is -0.237. The van der Waals surface area contributed by atoms with Crippen LogP contribution in [0.3, 0.4) is 0 Å². The van der Waals surface area contributed by atoms with Gasteiger partial charge in [-0.3, -0.25) is 5.32 Å². The van der Waals surface area contributed by atoms with Crippen LogP contribution < -0.4 is 16.5 Å². The molecule has 0 unspecified atom stereocenters. The fraction of sp³-hybridized carbons (Fsp3) is 0.375. The largest absolute Gasteiger partial charge is 0.450 e. The van der Waals surface area contributed by atoms with Gasteiger partial charge in [0.1, 0.15) is 0 Å². The van der Waals surface area contributed by atoms with E-state index in [1.54, 1.807) is 12.4 Å². The van der Waals surface area contributed by atoms with Gasteiger partial charge in [0, 0.05) is 6.20 Å². The molecule has 8 heteroatoms. The van der Waals surface area contributed by atoms with Gasteiger partial charge < -0.3 is 15.3 Å². The minimum Gasteiger partial charge on any atom is -0.450 e. The third-order valence-corrected chi connectivity index (χ3v) is 1.25. The standard InChI is InChI=1S/C8H13N3O5/c1-3-15-8(14)10-4-5(2)6(12)16-11-7(9)13/h4H,3H2,1-2H3,(H,10,14)(H3,9,11,13). The van der Waals surface area contributed by atoms with Gasteiger partial charge in [-0.15, -0.1) is 0 Å². The molecule has 0 rings (SSSR count). The van der Waals surface area contributed by atoms with E-state index < -0.39 is 18.1 Å². The van der Waals surface area contributed by atoms with Crippen LogP contribution in [0.2, 0.25) is 0 Å². The monoisotopic (exact) mass is 231 g/mol. The van der Waals surface area contributed by atoms with Crippen LogP contribution in [0.5, 0.6) is 0 Å². The van der Waals surface area contributed by atoms with Gasteiger partial charge in [0.05, 0.1) is 12.2 Å². The number of carbonyl (C=O) groups is 3. The van der Waals surface area contributed by atoms with Crippen LogP contribution in [0.1, 0.15) is 13.8 Å². The van der Waals surface area contributed by atoms with Crippen LogP contribution in [0.25, 0.3) is 0 Å². The minimum absolute atomic E-state index is 0.0572. The van der Waals surface area contributed by atoms with E-state index in [0.717, 1.165) is 6.20 Å². The minimum atomic E-state index is -1.00. The number of urea groups is 1. The molecular formula is C8H13N3O5. The Bertz CT molecular complexity index is 313. The fourth-order valence-electron chi connectivity index (χ4n) is 0.576. The summed E-state index contributed by atoms with van der Waals surface area (Å²) in [7, 11) is 0. The summed E-state index contributed by atoms with van der Waals surface area (Å²) in [6, 6.07) is -1.00. The summed E-state index contributed by atoms with van der Waals surface area (Å²) < 4.78 is 4.53. The first-order valence-electron chi connectivity index (χ1n) is 4.34. The Morgan fingerprint density at radius 3 is 2.50 bits per heavy atom. The maximum Gasteiger partial charge on any atom is 0.411 e. The number of hydrogen-bond donors (Lipinski definition) is 3. The predicted molar refractivity (Wildman–Crippen MR) is 52.7 cm³/mol. The second-order valence-electron chi connectivity index (χ2n) is 2.55. The number of ether oxygens (including phenoxy) is 1. The number of nitrogens with two attached hydrogens (primary N) is 1. The molecule has 90 valence electrons. The zero-order valence-corrected chi connectivity index (χ0v) is 8.90. The van der Waals surface area contributed by atoms with Crippen LogP contribution in [0.4, 0.5) is 9.59 Å². The average Bonchev–Trinajstić information content (AvgIpc) is 2.22. The van der Waals surface area contributed by atoms with E-state index in [2.05, 4.69) is 20.6 Å². The van der Waals surface area contributed by atoms with Crippen molar-refractivity contribution in [2.24, 2.45) is 5.73 Å². The Kier molecular flexibility index (Phi) is 6.10. The topological polar surface area (TPSA) is 120 Å². The maximum atomic E-state index is 11.1. The number of amides is 3. The van der Waals surface area contributed by atoms with E-state index in [-0.39, 0.29) is 12.2 Å². The molecule has 0 aromatic heterocycles. The Labute approximate surface area is 91.7 Å². The van der Waals surface area contributed by atoms with Crippen molar-refractivity contribution in [1.82, 2.24) is 10.8 Å². The Hall–Kier alpha value is -2.25. The average molecular weight is 231 g/mol. The zero-order valence-electron chi connectivity index (χ0n) is 8.90. The highest BCUT2D eigenvalue weighted by Gasteiger charge is 2.07. The van der Waals surface area contributed by atoms with Crippen molar-refractivity contribution in [3.63, 3.8) is 0 Å². The number of hydroxylamine groups is 1. The quantitative estimate of drug-likeness (QED) is 0.457. The van der Waals surface area contributed by atoms with Crippen molar-refractivity contribution >= 4 is 18.1 Å². The smallest absolute Gasteiger partial charge is 0.411 e. The van der Waals surface area contributed by atoms with E-state index >= 15 is 0 Å². The lowest BCUT2D eigenvalue weighted by atomic mass is 10.3. The van der Waals surface area contributed by atoms with Crippen molar-refractivity contribution in [1.29, 1.82) is 0 Å². The molecule has 0 saturated carbocycles. The van der Waals surface area contributed by atoms with E-state index in [1.165, 1.54) is 6.92 Å². The Morgan fingerprint density at radius 2 is 2.00 bits per heavy atom. The first-order chi connectivity index (χ1) is 7.47. The fourth-order valence-corrected chi connectivity index (χ4v) is 0.576. The van der Waals surface area contributed by atoms with Crippen LogP contribution in [-0.4, -0.2) is 24.7 Å². The molecule has 0 aromatic rings. The van der Waals surface area contributed by atoms with Gasteiger partial charge in [0.2, 0.25) is 0 Å². The summed E-state index contributed by atoms with van der Waals surface area (Å²) in [6.45, 7) is 3.23. The Balaban J connectivity index is 4.06. The van der Waals surface area contributed by atoms with Crippen molar-refractivity contribution < 1.29 is 24.0 Å². The highest BCUT2D eigenvalue weighted by Crippen LogP contribution is 1.93. The molecule has 4 N–H and O–H groups in total. The van der Waals surface area contributed by atoms with Crippen molar-refractivity contribution in [2.45, 2.75) is 13.8 Å². The Morgan fingerprint density at radius 1 is 1.38 bits per heavy atom. The van der Waals surface area contributed by atoms with Crippen LogP contribution in [-0.2, 0) is 14.4 Å². The normalized spacial score (nSPS) is 10.2. The van der Waals surface area contributed by atoms with Gasteiger partial charge in [0.15, 0.2) is 0 Å². The molecule has 0 bridgehead atoms. The summed E-state index contributed by atoms with van der Waals surface area (Å²) >= 11 is 0. The summed E-state index contributed by atoms with van der Waals surface area (Å²) in [4.78, 5) is 36.3. The first kappa shape index (κ1) is 13.8. The summed E-state index contributed by atoms with van der Waals surface area (Å²) in [6.07, 6.45) is 0.390. The SMILES string of the molecule is CCOC(=O)NC=C(C)C(=O)ONC(N)=O. The second-order valence-corrected chi connectivity index (χ2v) is 2.55. The second kappa shape index (κ2) is 7.10. The van der Waals surface area contributed by atoms with E-state index in [0.29, 0.717) is 0 Å². The van der Waals surface area contributed by atoms with Crippen LogP contribution in [0.15, 0.2) is 11.8 Å². The molecule has 0 aromatic carbocycles. The lowest BCUT2D eigenvalue weighted by molar-refractivity contribution is -0.143. The van der Waals surface area contributed by atoms with Gasteiger partial charge in [-0.05, 0) is 13.8 Å². The highest BCUT2D eigenvalue weighted by atomic mass is 16.7. The molecule has 16 heavy (non-hydrogen) atoms. The third-order valence-electron chi connectivity index (χ3n) is 1.25. The van der Waals surface area contributed by atoms with Crippen LogP contribution >= 0.6 is 0 Å². The highest BCUT2D eigenvalue weighted by molar-refractivity contribution is 5.89. The molecule has 0 saturated heterocycles. The summed E-state index contributed by atoms with van der Waals surface area (Å²) in [5, 5.41) is 2.18. The molecule has 3 amide bonds. The molecular weight excluding hydrogens is 218 g/mol. The lowest BCUT2D eigenvalue weighted by Gasteiger charge is -2.03. The van der Waals surface area contributed by atoms with E-state index in [4.69, 9.17) is 0 Å². The molecule has 0 spiro atoms. The third kappa shape index (κ3) is 6.24. The molecule has 0 aliphatic carbocycles. The summed E-state index contributed by atoms with van der Waals surface area (Å²) in [5.74, 6) is -0.851. The van der Waals surface area contributed by atoms with E-state index in [9.17, 15) is 14.4 Å². The number of hydrogen-bond acceptors (Lipinski definition) is 5. The number of carbonyl (C=O) groups excluding carboxylic acids is 3. The number of rotatable bonds is 3. The summed E-state index contributed by atoms with van der Waals surface area (Å²) in [5.41, 5.74) is 6.37. The molecule has 0 heterocycles. The van der Waals surface area contributed by atoms with Gasteiger partial charge in [-0.1, -0.05) is 0 Å². The molecule has 0 aliphatic heterocycles. The van der Waals surface area contributed by atoms with Crippen molar-refractivity contribution in [3.8, 4) is 0 Å². The molecule has 0 fully saturated rings. The number of nitrogens with one attached hydrogen (secondary N) is 2. The van der Waals surface area contributed by atoms with E-state index in [1.807, 2.05) is 0 Å². The number of primary amides is 1. The van der Waals surface area contributed by atoms with Crippen molar-refractivity contribution in [3.05, 3.63) is 11.8 Å². The molecule has 0 radical (unpaired) electrons. The van der Waals surface area contributed by atoms with Gasteiger partial charge in [0.25, 0.3) is 0 Å². The van der Waals surface area contributed by atoms with Gasteiger partial charge in [-0.2, -0.15) is 5.48 Å². The van der Waals surface area contributed by atoms with Crippen LogP contribution in [0, 0.1) is 0 Å². The molecule has 0 aliphatic rings. The first-order valence-corrected chi connectivity index (χ1v) is 4.34. The zero-order chi connectivity index (χ0) is 12.6. The van der Waals surface area contributed by atoms with Gasteiger partial charge >= 0.3 is 18.1 Å². The number of alkyl carbamates (subject to hydrolysis) is 1. The molecule has 8 nitrogen and oxygen atoms in total. The lowest BCUT2D eigenvalue weighted by Crippen LogP contribution is -2.32. The maximum absolute atomic E-state index is 11.1.